The standard InChI is InChI=1S/C20H19FN4O2/c1-27-18-9-5-3-7-15(18)11-23-20-24-12-16(13-25-20)19(26)22-10-14-6-2-4-8-17(14)21/h2-9,12-13H,10-11H2,1H3,(H,22,26)(H,23,24,25). The van der Waals surface area contributed by atoms with Crippen LogP contribution in [-0.4, -0.2) is 23.0 Å². The SMILES string of the molecule is COc1ccccc1CNc1ncc(C(=O)NCc2ccccc2F)cn1. The molecule has 0 aliphatic heterocycles. The Bertz CT molecular complexity index is 916. The van der Waals surface area contributed by atoms with E-state index in [4.69, 9.17) is 4.74 Å². The van der Waals surface area contributed by atoms with Crippen LogP contribution in [0.3, 0.4) is 0 Å². The van der Waals surface area contributed by atoms with E-state index in [9.17, 15) is 9.18 Å². The van der Waals surface area contributed by atoms with Crippen LogP contribution in [-0.2, 0) is 13.1 Å². The Morgan fingerprint density at radius 2 is 1.67 bits per heavy atom. The summed E-state index contributed by atoms with van der Waals surface area (Å²) >= 11 is 0. The minimum atomic E-state index is -0.366. The van der Waals surface area contributed by atoms with Crippen molar-refractivity contribution in [3.63, 3.8) is 0 Å². The molecule has 1 amide bonds. The number of carbonyl (C=O) groups is 1. The Morgan fingerprint density at radius 3 is 2.37 bits per heavy atom. The fourth-order valence-corrected chi connectivity index (χ4v) is 2.48. The van der Waals surface area contributed by atoms with E-state index in [0.29, 0.717) is 23.6 Å². The molecule has 0 aliphatic carbocycles. The van der Waals surface area contributed by atoms with Crippen LogP contribution in [0, 0.1) is 5.82 Å². The van der Waals surface area contributed by atoms with Crippen molar-refractivity contribution in [1.29, 1.82) is 0 Å². The van der Waals surface area contributed by atoms with E-state index >= 15 is 0 Å². The van der Waals surface area contributed by atoms with Crippen LogP contribution in [0.25, 0.3) is 0 Å². The first-order chi connectivity index (χ1) is 13.2. The van der Waals surface area contributed by atoms with Gasteiger partial charge in [-0.25, -0.2) is 14.4 Å². The lowest BCUT2D eigenvalue weighted by molar-refractivity contribution is 0.0950. The Kier molecular flexibility index (Phi) is 5.94. The molecule has 3 aromatic rings. The van der Waals surface area contributed by atoms with Crippen molar-refractivity contribution in [3.05, 3.63) is 83.4 Å². The van der Waals surface area contributed by atoms with Gasteiger partial charge in [-0.05, 0) is 12.1 Å². The fraction of sp³-hybridized carbons (Fsp3) is 0.150. The quantitative estimate of drug-likeness (QED) is 0.672. The van der Waals surface area contributed by atoms with Crippen LogP contribution in [0.5, 0.6) is 5.75 Å². The molecule has 3 rings (SSSR count). The number of para-hydroxylation sites is 1. The highest BCUT2D eigenvalue weighted by molar-refractivity contribution is 5.93. The van der Waals surface area contributed by atoms with E-state index in [-0.39, 0.29) is 18.3 Å². The second-order valence-electron chi connectivity index (χ2n) is 5.73. The van der Waals surface area contributed by atoms with Crippen molar-refractivity contribution in [3.8, 4) is 5.75 Å². The zero-order chi connectivity index (χ0) is 19.1. The van der Waals surface area contributed by atoms with Crippen LogP contribution in [0.1, 0.15) is 21.5 Å². The number of amides is 1. The maximum atomic E-state index is 13.6. The van der Waals surface area contributed by atoms with Gasteiger partial charge in [0.25, 0.3) is 5.91 Å². The van der Waals surface area contributed by atoms with Gasteiger partial charge in [0.2, 0.25) is 5.95 Å². The molecule has 0 aliphatic rings. The molecule has 2 N–H and O–H groups in total. The highest BCUT2D eigenvalue weighted by atomic mass is 19.1. The van der Waals surface area contributed by atoms with Crippen LogP contribution >= 0.6 is 0 Å². The maximum absolute atomic E-state index is 13.6. The maximum Gasteiger partial charge on any atom is 0.254 e. The molecular weight excluding hydrogens is 347 g/mol. The Morgan fingerprint density at radius 1 is 1.00 bits per heavy atom. The van der Waals surface area contributed by atoms with E-state index in [2.05, 4.69) is 20.6 Å². The molecule has 6 nitrogen and oxygen atoms in total. The van der Waals surface area contributed by atoms with Crippen LogP contribution in [0.15, 0.2) is 60.9 Å². The summed E-state index contributed by atoms with van der Waals surface area (Å²) in [4.78, 5) is 20.4. The number of methoxy groups -OCH3 is 1. The zero-order valence-electron chi connectivity index (χ0n) is 14.8. The number of nitrogens with zero attached hydrogens (tertiary/aromatic N) is 2. The van der Waals surface area contributed by atoms with Gasteiger partial charge in [-0.2, -0.15) is 0 Å². The third-order valence-corrected chi connectivity index (χ3v) is 3.94. The van der Waals surface area contributed by atoms with Gasteiger partial charge in [-0.1, -0.05) is 36.4 Å². The Hall–Kier alpha value is -3.48. The summed E-state index contributed by atoms with van der Waals surface area (Å²) in [5, 5.41) is 5.74. The van der Waals surface area contributed by atoms with Gasteiger partial charge in [0.1, 0.15) is 11.6 Å². The van der Waals surface area contributed by atoms with E-state index in [1.165, 1.54) is 18.5 Å². The molecule has 0 spiro atoms. The summed E-state index contributed by atoms with van der Waals surface area (Å²) < 4.78 is 18.9. The van der Waals surface area contributed by atoms with Crippen LogP contribution < -0.4 is 15.4 Å². The predicted molar refractivity (Wildman–Crippen MR) is 99.9 cm³/mol. The predicted octanol–water partition coefficient (Wildman–Crippen LogP) is 3.17. The summed E-state index contributed by atoms with van der Waals surface area (Å²) in [5.74, 6) is 0.445. The number of ether oxygens (including phenoxy) is 1. The van der Waals surface area contributed by atoms with Crippen molar-refractivity contribution in [2.75, 3.05) is 12.4 Å². The van der Waals surface area contributed by atoms with Crippen molar-refractivity contribution in [1.82, 2.24) is 15.3 Å². The number of benzene rings is 2. The van der Waals surface area contributed by atoms with Crippen molar-refractivity contribution in [2.24, 2.45) is 0 Å². The lowest BCUT2D eigenvalue weighted by atomic mass is 10.2. The topological polar surface area (TPSA) is 76.1 Å². The van der Waals surface area contributed by atoms with Gasteiger partial charge in [0.05, 0.1) is 12.7 Å². The second kappa shape index (κ2) is 8.75. The number of halogens is 1. The molecule has 27 heavy (non-hydrogen) atoms. The first kappa shape index (κ1) is 18.3. The number of carbonyl (C=O) groups excluding carboxylic acids is 1. The second-order valence-corrected chi connectivity index (χ2v) is 5.73. The lowest BCUT2D eigenvalue weighted by Gasteiger charge is -2.10. The third-order valence-electron chi connectivity index (χ3n) is 3.94. The molecule has 0 unspecified atom stereocenters. The smallest absolute Gasteiger partial charge is 0.254 e. The Labute approximate surface area is 156 Å². The first-order valence-corrected chi connectivity index (χ1v) is 8.37. The summed E-state index contributed by atoms with van der Waals surface area (Å²) in [6, 6.07) is 13.9. The van der Waals surface area contributed by atoms with Gasteiger partial charge < -0.3 is 15.4 Å². The van der Waals surface area contributed by atoms with E-state index in [0.717, 1.165) is 11.3 Å². The van der Waals surface area contributed by atoms with Crippen LogP contribution in [0.4, 0.5) is 10.3 Å². The number of anilines is 1. The van der Waals surface area contributed by atoms with Crippen molar-refractivity contribution >= 4 is 11.9 Å². The highest BCUT2D eigenvalue weighted by Gasteiger charge is 2.09. The molecule has 0 radical (unpaired) electrons. The molecule has 0 fully saturated rings. The third kappa shape index (κ3) is 4.78. The molecule has 0 saturated carbocycles. The number of rotatable bonds is 7. The molecule has 7 heteroatoms. The average molecular weight is 366 g/mol. The fourth-order valence-electron chi connectivity index (χ4n) is 2.48. The normalized spacial score (nSPS) is 10.3. The Balaban J connectivity index is 1.56. The molecule has 2 aromatic carbocycles. The van der Waals surface area contributed by atoms with E-state index in [1.807, 2.05) is 24.3 Å². The van der Waals surface area contributed by atoms with Gasteiger partial charge in [-0.3, -0.25) is 4.79 Å². The molecule has 1 heterocycles. The summed E-state index contributed by atoms with van der Waals surface area (Å²) in [5.41, 5.74) is 1.69. The summed E-state index contributed by atoms with van der Waals surface area (Å²) in [6.45, 7) is 0.585. The zero-order valence-corrected chi connectivity index (χ0v) is 14.8. The first-order valence-electron chi connectivity index (χ1n) is 8.37. The summed E-state index contributed by atoms with van der Waals surface area (Å²) in [6.07, 6.45) is 2.85. The van der Waals surface area contributed by atoms with Gasteiger partial charge >= 0.3 is 0 Å². The average Bonchev–Trinajstić information content (AvgIpc) is 2.72. The summed E-state index contributed by atoms with van der Waals surface area (Å²) in [7, 11) is 1.62. The molecule has 1 aromatic heterocycles. The number of hydrogen-bond acceptors (Lipinski definition) is 5. The molecule has 0 atom stereocenters. The number of nitrogens with one attached hydrogen (secondary N) is 2. The molecule has 138 valence electrons. The van der Waals surface area contributed by atoms with E-state index in [1.54, 1.807) is 25.3 Å². The number of aromatic nitrogens is 2. The van der Waals surface area contributed by atoms with Gasteiger partial charge in [0, 0.05) is 36.6 Å². The largest absolute Gasteiger partial charge is 0.496 e. The minimum Gasteiger partial charge on any atom is -0.496 e. The molecule has 0 bridgehead atoms. The van der Waals surface area contributed by atoms with Crippen molar-refractivity contribution in [2.45, 2.75) is 13.1 Å². The van der Waals surface area contributed by atoms with Crippen LogP contribution in [0.2, 0.25) is 0 Å². The monoisotopic (exact) mass is 366 g/mol. The molecule has 0 saturated heterocycles. The van der Waals surface area contributed by atoms with Gasteiger partial charge in [-0.15, -0.1) is 0 Å². The minimum absolute atomic E-state index is 0.0965. The highest BCUT2D eigenvalue weighted by Crippen LogP contribution is 2.18. The van der Waals surface area contributed by atoms with Crippen molar-refractivity contribution < 1.29 is 13.9 Å². The molecular formula is C20H19FN4O2. The van der Waals surface area contributed by atoms with E-state index < -0.39 is 0 Å². The lowest BCUT2D eigenvalue weighted by Crippen LogP contribution is -2.23. The van der Waals surface area contributed by atoms with Gasteiger partial charge in [0.15, 0.2) is 0 Å². The number of hydrogen-bond donors (Lipinski definition) is 2.